The maximum Gasteiger partial charge on any atom is 0.251 e. The zero-order chi connectivity index (χ0) is 27.5. The molecule has 39 heavy (non-hydrogen) atoms. The number of nitrogens with one attached hydrogen (secondary N) is 3. The van der Waals surface area contributed by atoms with Crippen molar-refractivity contribution in [3.63, 3.8) is 0 Å². The van der Waals surface area contributed by atoms with Crippen LogP contribution < -0.4 is 16.0 Å². The summed E-state index contributed by atoms with van der Waals surface area (Å²) in [4.78, 5) is 36.4. The van der Waals surface area contributed by atoms with Gasteiger partial charge in [-0.1, -0.05) is 41.4 Å². The molecule has 3 N–H and O–H groups in total. The first-order valence-electron chi connectivity index (χ1n) is 12.6. The van der Waals surface area contributed by atoms with Gasteiger partial charge in [0.2, 0.25) is 11.9 Å². The summed E-state index contributed by atoms with van der Waals surface area (Å²) in [5.41, 5.74) is 6.43. The van der Waals surface area contributed by atoms with Crippen molar-refractivity contribution in [3.8, 4) is 11.3 Å². The standard InChI is InChI=1S/C30H29ClN6O2/c1-18-4-6-19(7-5-18)26(37(2)3)17-32-29(39)20-8-11-23(12-9-20)34-30-33-16-21-14-27(38)35-25-15-22(31)10-13-24(25)28(21)36-30/h4-13,15-16,26H,14,17H2,1-3H3,(H,32,39)(H,35,38)(H,33,34,36). The molecule has 198 valence electrons. The van der Waals surface area contributed by atoms with Crippen LogP contribution in [0.25, 0.3) is 11.3 Å². The number of benzene rings is 3. The van der Waals surface area contributed by atoms with Crippen LogP contribution in [-0.4, -0.2) is 47.3 Å². The third kappa shape index (κ3) is 6.08. The first-order chi connectivity index (χ1) is 18.8. The average Bonchev–Trinajstić information content (AvgIpc) is 3.04. The lowest BCUT2D eigenvalue weighted by Crippen LogP contribution is -2.34. The molecule has 0 aliphatic carbocycles. The van der Waals surface area contributed by atoms with Gasteiger partial charge in [0.1, 0.15) is 0 Å². The van der Waals surface area contributed by atoms with Crippen LogP contribution in [0.15, 0.2) is 72.9 Å². The highest BCUT2D eigenvalue weighted by molar-refractivity contribution is 6.31. The van der Waals surface area contributed by atoms with Crippen LogP contribution in [-0.2, 0) is 11.2 Å². The molecule has 2 amide bonds. The fourth-order valence-corrected chi connectivity index (χ4v) is 4.71. The van der Waals surface area contributed by atoms with Crippen LogP contribution in [0.2, 0.25) is 5.02 Å². The van der Waals surface area contributed by atoms with Gasteiger partial charge < -0.3 is 20.9 Å². The van der Waals surface area contributed by atoms with E-state index in [0.29, 0.717) is 34.5 Å². The Labute approximate surface area is 232 Å². The van der Waals surface area contributed by atoms with Gasteiger partial charge in [0.25, 0.3) is 5.91 Å². The predicted molar refractivity (Wildman–Crippen MR) is 154 cm³/mol. The highest BCUT2D eigenvalue weighted by Gasteiger charge is 2.21. The molecule has 0 saturated heterocycles. The SMILES string of the molecule is Cc1ccc(C(CNC(=O)c2ccc(Nc3ncc4c(n3)-c3ccc(Cl)cc3NC(=O)C4)cc2)N(C)C)cc1. The van der Waals surface area contributed by atoms with Gasteiger partial charge in [0.05, 0.1) is 23.8 Å². The van der Waals surface area contributed by atoms with Gasteiger partial charge in [-0.05, 0) is 69.0 Å². The summed E-state index contributed by atoms with van der Waals surface area (Å²) in [6.07, 6.45) is 1.83. The molecule has 0 radical (unpaired) electrons. The number of hydrogen-bond donors (Lipinski definition) is 3. The highest BCUT2D eigenvalue weighted by atomic mass is 35.5. The van der Waals surface area contributed by atoms with Crippen molar-refractivity contribution < 1.29 is 9.59 Å². The normalized spacial score (nSPS) is 13.1. The summed E-state index contributed by atoms with van der Waals surface area (Å²) in [7, 11) is 4.01. The van der Waals surface area contributed by atoms with Gasteiger partial charge in [0.15, 0.2) is 0 Å². The number of nitrogens with zero attached hydrogens (tertiary/aromatic N) is 3. The zero-order valence-electron chi connectivity index (χ0n) is 22.0. The van der Waals surface area contributed by atoms with Crippen molar-refractivity contribution in [2.24, 2.45) is 0 Å². The molecule has 0 bridgehead atoms. The maximum atomic E-state index is 12.9. The molecule has 1 aliphatic heterocycles. The fraction of sp³-hybridized carbons (Fsp3) is 0.200. The lowest BCUT2D eigenvalue weighted by atomic mass is 10.0. The van der Waals surface area contributed by atoms with Crippen LogP contribution in [0.4, 0.5) is 17.3 Å². The molecule has 0 spiro atoms. The van der Waals surface area contributed by atoms with Gasteiger partial charge in [0, 0.05) is 40.1 Å². The molecule has 0 fully saturated rings. The van der Waals surface area contributed by atoms with Gasteiger partial charge >= 0.3 is 0 Å². The minimum absolute atomic E-state index is 0.0625. The van der Waals surface area contributed by atoms with Crippen LogP contribution in [0, 0.1) is 6.92 Å². The van der Waals surface area contributed by atoms with E-state index in [1.54, 1.807) is 30.5 Å². The summed E-state index contributed by atoms with van der Waals surface area (Å²) < 4.78 is 0. The number of rotatable bonds is 7. The van der Waals surface area contributed by atoms with Crippen molar-refractivity contribution in [2.75, 3.05) is 31.3 Å². The molecule has 1 aliphatic rings. The lowest BCUT2D eigenvalue weighted by Gasteiger charge is -2.25. The van der Waals surface area contributed by atoms with Crippen molar-refractivity contribution in [1.82, 2.24) is 20.2 Å². The molecule has 2 heterocycles. The number of halogens is 1. The second-order valence-corrected chi connectivity index (χ2v) is 10.2. The monoisotopic (exact) mass is 540 g/mol. The van der Waals surface area contributed by atoms with E-state index in [4.69, 9.17) is 11.6 Å². The Kier molecular flexibility index (Phi) is 7.58. The summed E-state index contributed by atoms with van der Waals surface area (Å²) in [6, 6.07) is 20.9. The Morgan fingerprint density at radius 3 is 2.54 bits per heavy atom. The van der Waals surface area contributed by atoms with E-state index in [9.17, 15) is 9.59 Å². The maximum absolute atomic E-state index is 12.9. The molecule has 1 atom stereocenters. The predicted octanol–water partition coefficient (Wildman–Crippen LogP) is 5.38. The molecular formula is C30H29ClN6O2. The Balaban J connectivity index is 1.28. The van der Waals surface area contributed by atoms with E-state index in [2.05, 4.69) is 62.0 Å². The number of amides is 2. The van der Waals surface area contributed by atoms with E-state index < -0.39 is 0 Å². The van der Waals surface area contributed by atoms with Crippen molar-refractivity contribution >= 4 is 40.7 Å². The number of likely N-dealkylation sites (N-methyl/N-ethyl adjacent to an activating group) is 1. The highest BCUT2D eigenvalue weighted by Crippen LogP contribution is 2.35. The number of fused-ring (bicyclic) bond motifs is 3. The Bertz CT molecular complexity index is 1520. The topological polar surface area (TPSA) is 99.2 Å². The third-order valence-electron chi connectivity index (χ3n) is 6.67. The van der Waals surface area contributed by atoms with Gasteiger partial charge in [-0.3, -0.25) is 9.59 Å². The summed E-state index contributed by atoms with van der Waals surface area (Å²) in [5, 5.41) is 9.65. The summed E-state index contributed by atoms with van der Waals surface area (Å²) >= 11 is 6.13. The smallest absolute Gasteiger partial charge is 0.251 e. The van der Waals surface area contributed by atoms with Gasteiger partial charge in [-0.25, -0.2) is 9.97 Å². The Hall–Kier alpha value is -4.27. The quantitative estimate of drug-likeness (QED) is 0.291. The molecule has 9 heteroatoms. The molecule has 0 saturated carbocycles. The van der Waals surface area contributed by atoms with Crippen molar-refractivity contribution in [2.45, 2.75) is 19.4 Å². The average molecular weight is 541 g/mol. The first kappa shape index (κ1) is 26.3. The van der Waals surface area contributed by atoms with E-state index in [1.807, 2.05) is 32.3 Å². The lowest BCUT2D eigenvalue weighted by molar-refractivity contribution is -0.115. The molecule has 3 aromatic carbocycles. The minimum atomic E-state index is -0.147. The molecule has 4 aromatic rings. The van der Waals surface area contributed by atoms with E-state index in [0.717, 1.165) is 22.4 Å². The molecule has 8 nitrogen and oxygen atoms in total. The number of carbonyl (C=O) groups is 2. The number of anilines is 3. The van der Waals surface area contributed by atoms with Crippen LogP contribution in [0.3, 0.4) is 0 Å². The summed E-state index contributed by atoms with van der Waals surface area (Å²) in [5.74, 6) is 0.0913. The molecule has 1 aromatic heterocycles. The number of aromatic nitrogens is 2. The van der Waals surface area contributed by atoms with Crippen molar-refractivity contribution in [3.05, 3.63) is 100 Å². The second-order valence-electron chi connectivity index (χ2n) is 9.78. The summed E-state index contributed by atoms with van der Waals surface area (Å²) in [6.45, 7) is 2.55. The van der Waals surface area contributed by atoms with Crippen LogP contribution >= 0.6 is 11.6 Å². The zero-order valence-corrected chi connectivity index (χ0v) is 22.7. The van der Waals surface area contributed by atoms with Gasteiger partial charge in [-0.15, -0.1) is 0 Å². The Morgan fingerprint density at radius 2 is 1.82 bits per heavy atom. The number of carbonyl (C=O) groups excluding carboxylic acids is 2. The molecule has 1 unspecified atom stereocenters. The van der Waals surface area contributed by atoms with Gasteiger partial charge in [-0.2, -0.15) is 0 Å². The van der Waals surface area contributed by atoms with E-state index in [-0.39, 0.29) is 24.3 Å². The third-order valence-corrected chi connectivity index (χ3v) is 6.91. The van der Waals surface area contributed by atoms with E-state index in [1.165, 1.54) is 5.56 Å². The fourth-order valence-electron chi connectivity index (χ4n) is 4.54. The molecule has 5 rings (SSSR count). The van der Waals surface area contributed by atoms with E-state index >= 15 is 0 Å². The second kappa shape index (κ2) is 11.2. The number of aryl methyl sites for hydroxylation is 1. The first-order valence-corrected chi connectivity index (χ1v) is 13.0. The molecular weight excluding hydrogens is 512 g/mol. The largest absolute Gasteiger partial charge is 0.350 e. The van der Waals surface area contributed by atoms with Crippen LogP contribution in [0.5, 0.6) is 0 Å². The number of hydrogen-bond acceptors (Lipinski definition) is 6. The van der Waals surface area contributed by atoms with Crippen LogP contribution in [0.1, 0.15) is 33.1 Å². The Morgan fingerprint density at radius 1 is 1.08 bits per heavy atom. The minimum Gasteiger partial charge on any atom is -0.350 e. The van der Waals surface area contributed by atoms with Crippen molar-refractivity contribution in [1.29, 1.82) is 0 Å².